The van der Waals surface area contributed by atoms with E-state index in [1.165, 1.54) is 20.1 Å². The predicted molar refractivity (Wildman–Crippen MR) is 101 cm³/mol. The summed E-state index contributed by atoms with van der Waals surface area (Å²) in [4.78, 5) is 12.2. The lowest BCUT2D eigenvalue weighted by Crippen LogP contribution is -2.44. The Hall–Kier alpha value is -2.09. The highest BCUT2D eigenvalue weighted by molar-refractivity contribution is 7.89. The lowest BCUT2D eigenvalue weighted by atomic mass is 10.2. The van der Waals surface area contributed by atoms with Crippen LogP contribution in [0.15, 0.2) is 47.4 Å². The van der Waals surface area contributed by atoms with E-state index in [1.54, 1.807) is 43.3 Å². The van der Waals surface area contributed by atoms with Gasteiger partial charge in [-0.25, -0.2) is 8.42 Å². The van der Waals surface area contributed by atoms with E-state index < -0.39 is 22.0 Å². The molecule has 0 unspecified atom stereocenters. The highest BCUT2D eigenvalue weighted by atomic mass is 35.5. The van der Waals surface area contributed by atoms with Crippen LogP contribution in [0.2, 0.25) is 5.02 Å². The van der Waals surface area contributed by atoms with Crippen molar-refractivity contribution >= 4 is 27.5 Å². The molecule has 2 aromatic rings. The topological polar surface area (TPSA) is 84.5 Å². The zero-order valence-electron chi connectivity index (χ0n) is 14.7. The number of sulfonamides is 1. The fourth-order valence-corrected chi connectivity index (χ4v) is 3.87. The van der Waals surface area contributed by atoms with E-state index >= 15 is 0 Å². The fraction of sp³-hybridized carbons (Fsp3) is 0.278. The van der Waals surface area contributed by atoms with Crippen molar-refractivity contribution < 1.29 is 17.9 Å². The number of carbonyl (C=O) groups excluding carboxylic acids is 1. The molecular formula is C18H21ClN2O4S. The molecule has 0 saturated carbocycles. The molecule has 1 amide bonds. The summed E-state index contributed by atoms with van der Waals surface area (Å²) in [6.07, 6.45) is 0. The minimum Gasteiger partial charge on any atom is -0.495 e. The number of carbonyl (C=O) groups is 1. The molecule has 2 aromatic carbocycles. The number of halogens is 1. The largest absolute Gasteiger partial charge is 0.495 e. The molecule has 0 bridgehead atoms. The first kappa shape index (κ1) is 20.2. The summed E-state index contributed by atoms with van der Waals surface area (Å²) in [7, 11) is -2.52. The summed E-state index contributed by atoms with van der Waals surface area (Å²) in [5.41, 5.74) is 1.63. The normalized spacial score (nSPS) is 12.5. The van der Waals surface area contributed by atoms with Crippen molar-refractivity contribution in [3.63, 3.8) is 0 Å². The molecule has 1 atom stereocenters. The molecule has 0 spiro atoms. The van der Waals surface area contributed by atoms with Gasteiger partial charge in [0, 0.05) is 11.6 Å². The number of nitrogens with one attached hydrogen (secondary N) is 2. The van der Waals surface area contributed by atoms with E-state index in [0.717, 1.165) is 11.1 Å². The number of ether oxygens (including phenoxy) is 1. The first-order chi connectivity index (χ1) is 12.2. The molecule has 8 heteroatoms. The minimum atomic E-state index is -3.91. The molecule has 2 N–H and O–H groups in total. The zero-order valence-corrected chi connectivity index (χ0v) is 16.3. The Morgan fingerprint density at radius 1 is 1.19 bits per heavy atom. The van der Waals surface area contributed by atoms with Crippen molar-refractivity contribution in [2.45, 2.75) is 31.3 Å². The van der Waals surface area contributed by atoms with Gasteiger partial charge >= 0.3 is 0 Å². The Morgan fingerprint density at radius 3 is 2.46 bits per heavy atom. The third-order valence-electron chi connectivity index (χ3n) is 3.71. The van der Waals surface area contributed by atoms with Crippen LogP contribution in [0.1, 0.15) is 18.1 Å². The number of rotatable bonds is 7. The van der Waals surface area contributed by atoms with Crippen LogP contribution in [-0.4, -0.2) is 27.5 Å². The van der Waals surface area contributed by atoms with Gasteiger partial charge in [-0.2, -0.15) is 4.72 Å². The van der Waals surface area contributed by atoms with Gasteiger partial charge in [0.05, 0.1) is 13.2 Å². The summed E-state index contributed by atoms with van der Waals surface area (Å²) >= 11 is 5.82. The standard InChI is InChI=1S/C18H21ClN2O4S/c1-12-4-9-16(25-3)17(10-12)26(23,24)21-13(2)18(22)20-11-14-5-7-15(19)8-6-14/h4-10,13,21H,11H2,1-3H3,(H,20,22)/t13-/m1/s1. The second-order valence-corrected chi connectivity index (χ2v) is 7.96. The van der Waals surface area contributed by atoms with Gasteiger partial charge in [0.1, 0.15) is 10.6 Å². The number of aryl methyl sites for hydroxylation is 1. The second kappa shape index (κ2) is 8.53. The monoisotopic (exact) mass is 396 g/mol. The van der Waals surface area contributed by atoms with Gasteiger partial charge in [-0.1, -0.05) is 29.8 Å². The summed E-state index contributed by atoms with van der Waals surface area (Å²) in [6, 6.07) is 10.9. The van der Waals surface area contributed by atoms with Crippen LogP contribution in [0.5, 0.6) is 5.75 Å². The van der Waals surface area contributed by atoms with Gasteiger partial charge in [0.15, 0.2) is 0 Å². The first-order valence-corrected chi connectivity index (χ1v) is 9.78. The third-order valence-corrected chi connectivity index (χ3v) is 5.53. The Kier molecular flexibility index (Phi) is 6.63. The molecule has 0 fully saturated rings. The predicted octanol–water partition coefficient (Wildman–Crippen LogP) is 2.64. The molecule has 0 radical (unpaired) electrons. The van der Waals surface area contributed by atoms with E-state index in [0.29, 0.717) is 5.02 Å². The Labute approximate surface area is 158 Å². The van der Waals surface area contributed by atoms with Crippen LogP contribution in [0.3, 0.4) is 0 Å². The molecule has 140 valence electrons. The zero-order chi connectivity index (χ0) is 19.3. The summed E-state index contributed by atoms with van der Waals surface area (Å²) in [5, 5.41) is 3.30. The third kappa shape index (κ3) is 5.20. The van der Waals surface area contributed by atoms with Crippen molar-refractivity contribution in [3.8, 4) is 5.75 Å². The maximum atomic E-state index is 12.6. The lowest BCUT2D eigenvalue weighted by Gasteiger charge is -2.16. The van der Waals surface area contributed by atoms with E-state index in [2.05, 4.69) is 10.0 Å². The lowest BCUT2D eigenvalue weighted by molar-refractivity contribution is -0.122. The molecule has 26 heavy (non-hydrogen) atoms. The van der Waals surface area contributed by atoms with Crippen molar-refractivity contribution in [1.82, 2.24) is 10.0 Å². The SMILES string of the molecule is COc1ccc(C)cc1S(=O)(=O)N[C@H](C)C(=O)NCc1ccc(Cl)cc1. The van der Waals surface area contributed by atoms with Crippen molar-refractivity contribution in [2.24, 2.45) is 0 Å². The molecule has 0 aliphatic rings. The van der Waals surface area contributed by atoms with Gasteiger partial charge in [0.2, 0.25) is 15.9 Å². The van der Waals surface area contributed by atoms with E-state index in [1.807, 2.05) is 0 Å². The number of amides is 1. The van der Waals surface area contributed by atoms with Gasteiger partial charge < -0.3 is 10.1 Å². The fourth-order valence-electron chi connectivity index (χ4n) is 2.29. The number of hydrogen-bond acceptors (Lipinski definition) is 4. The summed E-state index contributed by atoms with van der Waals surface area (Å²) in [6.45, 7) is 3.54. The summed E-state index contributed by atoms with van der Waals surface area (Å²) in [5.74, 6) is -0.216. The van der Waals surface area contributed by atoms with Gasteiger partial charge in [-0.05, 0) is 49.2 Å². The smallest absolute Gasteiger partial charge is 0.244 e. The second-order valence-electron chi connectivity index (χ2n) is 5.84. The minimum absolute atomic E-state index is 0.00245. The molecular weight excluding hydrogens is 376 g/mol. The van der Waals surface area contributed by atoms with Crippen LogP contribution < -0.4 is 14.8 Å². The molecule has 0 aliphatic heterocycles. The van der Waals surface area contributed by atoms with Crippen LogP contribution in [0.4, 0.5) is 0 Å². The van der Waals surface area contributed by atoms with Gasteiger partial charge in [0.25, 0.3) is 0 Å². The first-order valence-electron chi connectivity index (χ1n) is 7.92. The molecule has 0 saturated heterocycles. The van der Waals surface area contributed by atoms with Crippen LogP contribution in [0, 0.1) is 6.92 Å². The molecule has 0 aliphatic carbocycles. The maximum absolute atomic E-state index is 12.6. The van der Waals surface area contributed by atoms with Crippen molar-refractivity contribution in [1.29, 1.82) is 0 Å². The van der Waals surface area contributed by atoms with E-state index in [9.17, 15) is 13.2 Å². The van der Waals surface area contributed by atoms with Gasteiger partial charge in [-0.15, -0.1) is 0 Å². The highest BCUT2D eigenvalue weighted by Crippen LogP contribution is 2.24. The number of methoxy groups -OCH3 is 1. The van der Waals surface area contributed by atoms with Crippen molar-refractivity contribution in [2.75, 3.05) is 7.11 Å². The van der Waals surface area contributed by atoms with Crippen LogP contribution in [-0.2, 0) is 21.4 Å². The number of hydrogen-bond donors (Lipinski definition) is 2. The average Bonchev–Trinajstić information content (AvgIpc) is 2.60. The number of benzene rings is 2. The van der Waals surface area contributed by atoms with Gasteiger partial charge in [-0.3, -0.25) is 4.79 Å². The van der Waals surface area contributed by atoms with E-state index in [-0.39, 0.29) is 17.2 Å². The summed E-state index contributed by atoms with van der Waals surface area (Å²) < 4.78 is 32.7. The Bertz CT molecular complexity index is 883. The average molecular weight is 397 g/mol. The van der Waals surface area contributed by atoms with Crippen molar-refractivity contribution in [3.05, 3.63) is 58.6 Å². The molecule has 0 heterocycles. The maximum Gasteiger partial charge on any atom is 0.244 e. The Morgan fingerprint density at radius 2 is 1.85 bits per heavy atom. The van der Waals surface area contributed by atoms with Crippen LogP contribution in [0.25, 0.3) is 0 Å². The molecule has 0 aromatic heterocycles. The highest BCUT2D eigenvalue weighted by Gasteiger charge is 2.25. The molecule has 2 rings (SSSR count). The Balaban J connectivity index is 2.05. The quantitative estimate of drug-likeness (QED) is 0.753. The van der Waals surface area contributed by atoms with E-state index in [4.69, 9.17) is 16.3 Å². The molecule has 6 nitrogen and oxygen atoms in total. The van der Waals surface area contributed by atoms with Crippen LogP contribution >= 0.6 is 11.6 Å².